The molecule has 1 atom stereocenters. The van der Waals surface area contributed by atoms with Gasteiger partial charge < -0.3 is 9.67 Å². The van der Waals surface area contributed by atoms with Gasteiger partial charge in [-0.25, -0.2) is 4.98 Å². The Bertz CT molecular complexity index is 533. The molecule has 82 valence electrons. The third-order valence-electron chi connectivity index (χ3n) is 2.45. The van der Waals surface area contributed by atoms with Crippen molar-refractivity contribution in [1.82, 2.24) is 9.55 Å². The van der Waals surface area contributed by atoms with Gasteiger partial charge in [0.05, 0.1) is 30.0 Å². The number of para-hydroxylation sites is 2. The van der Waals surface area contributed by atoms with Crippen LogP contribution >= 0.6 is 0 Å². The summed E-state index contributed by atoms with van der Waals surface area (Å²) in [6.45, 7) is 2.31. The molecule has 1 N–H and O–H groups in total. The molecule has 1 unspecified atom stereocenters. The second-order valence-corrected chi connectivity index (χ2v) is 3.67. The largest absolute Gasteiger partial charge is 0.390 e. The molecular weight excluding hydrogens is 200 g/mol. The second-order valence-electron chi connectivity index (χ2n) is 3.67. The molecule has 1 aromatic heterocycles. The van der Waals surface area contributed by atoms with Crippen LogP contribution in [0.4, 0.5) is 0 Å². The normalized spacial score (nSPS) is 12.1. The summed E-state index contributed by atoms with van der Waals surface area (Å²) in [5, 5.41) is 9.76. The van der Waals surface area contributed by atoms with E-state index in [-0.39, 0.29) is 0 Å². The lowest BCUT2D eigenvalue weighted by Gasteiger charge is -2.08. The van der Waals surface area contributed by atoms with Crippen LogP contribution in [0.1, 0.15) is 13.3 Å². The Hall–Kier alpha value is -1.79. The Morgan fingerprint density at radius 2 is 2.25 bits per heavy atom. The molecule has 16 heavy (non-hydrogen) atoms. The zero-order chi connectivity index (χ0) is 11.4. The van der Waals surface area contributed by atoms with Crippen molar-refractivity contribution in [2.75, 3.05) is 0 Å². The van der Waals surface area contributed by atoms with Crippen LogP contribution in [0.25, 0.3) is 11.0 Å². The molecular formula is C13H14N2O. The third kappa shape index (κ3) is 2.23. The number of nitrogens with zero attached hydrogens (tertiary/aromatic N) is 2. The van der Waals surface area contributed by atoms with E-state index in [0.717, 1.165) is 11.0 Å². The van der Waals surface area contributed by atoms with Crippen molar-refractivity contribution in [2.45, 2.75) is 26.0 Å². The molecule has 1 aromatic carbocycles. The van der Waals surface area contributed by atoms with Crippen LogP contribution in [-0.2, 0) is 6.54 Å². The van der Waals surface area contributed by atoms with Crippen molar-refractivity contribution in [1.29, 1.82) is 0 Å². The van der Waals surface area contributed by atoms with Crippen LogP contribution < -0.4 is 0 Å². The molecule has 2 aromatic rings. The molecule has 0 bridgehead atoms. The van der Waals surface area contributed by atoms with Gasteiger partial charge in [-0.05, 0) is 19.1 Å². The maximum Gasteiger partial charge on any atom is 0.0959 e. The average molecular weight is 214 g/mol. The van der Waals surface area contributed by atoms with Crippen molar-refractivity contribution < 1.29 is 5.11 Å². The molecule has 0 aliphatic rings. The summed E-state index contributed by atoms with van der Waals surface area (Å²) in [6.07, 6.45) is 1.82. The van der Waals surface area contributed by atoms with Crippen molar-refractivity contribution in [3.63, 3.8) is 0 Å². The highest BCUT2D eigenvalue weighted by molar-refractivity contribution is 5.74. The maximum atomic E-state index is 9.76. The Morgan fingerprint density at radius 1 is 1.44 bits per heavy atom. The number of imidazole rings is 1. The quantitative estimate of drug-likeness (QED) is 0.791. The van der Waals surface area contributed by atoms with Crippen molar-refractivity contribution in [3.8, 4) is 11.8 Å². The number of aliphatic hydroxyl groups excluding tert-OH is 1. The summed E-state index contributed by atoms with van der Waals surface area (Å²) in [5.74, 6) is 5.66. The van der Waals surface area contributed by atoms with Crippen molar-refractivity contribution >= 4 is 11.0 Å². The van der Waals surface area contributed by atoms with Gasteiger partial charge in [-0.3, -0.25) is 0 Å². The topological polar surface area (TPSA) is 38.0 Å². The summed E-state index contributed by atoms with van der Waals surface area (Å²) < 4.78 is 1.96. The number of hydrogen-bond donors (Lipinski definition) is 1. The van der Waals surface area contributed by atoms with Crippen molar-refractivity contribution in [2.24, 2.45) is 0 Å². The summed E-state index contributed by atoms with van der Waals surface area (Å²) in [6, 6.07) is 7.89. The van der Waals surface area contributed by atoms with Gasteiger partial charge in [0.25, 0.3) is 0 Å². The highest BCUT2D eigenvalue weighted by Crippen LogP contribution is 2.12. The van der Waals surface area contributed by atoms with Crippen molar-refractivity contribution in [3.05, 3.63) is 30.6 Å². The maximum absolute atomic E-state index is 9.76. The lowest BCUT2D eigenvalue weighted by molar-refractivity contribution is 0.160. The molecule has 0 spiro atoms. The van der Waals surface area contributed by atoms with Gasteiger partial charge in [0.2, 0.25) is 0 Å². The highest BCUT2D eigenvalue weighted by Gasteiger charge is 2.06. The lowest BCUT2D eigenvalue weighted by atomic mass is 10.2. The second kappa shape index (κ2) is 4.82. The summed E-state index contributed by atoms with van der Waals surface area (Å²) >= 11 is 0. The SMILES string of the molecule is CC#CCC(O)Cn1cnc2ccccc21. The minimum Gasteiger partial charge on any atom is -0.390 e. The first-order chi connectivity index (χ1) is 7.81. The number of aromatic nitrogens is 2. The highest BCUT2D eigenvalue weighted by atomic mass is 16.3. The fourth-order valence-corrected chi connectivity index (χ4v) is 1.67. The summed E-state index contributed by atoms with van der Waals surface area (Å²) in [4.78, 5) is 4.27. The molecule has 0 amide bonds. The van der Waals surface area contributed by atoms with E-state index in [1.807, 2.05) is 28.8 Å². The van der Waals surface area contributed by atoms with Gasteiger partial charge in [-0.2, -0.15) is 0 Å². The Labute approximate surface area is 94.7 Å². The number of fused-ring (bicyclic) bond motifs is 1. The molecule has 0 aliphatic heterocycles. The van der Waals surface area contributed by atoms with Gasteiger partial charge >= 0.3 is 0 Å². The molecule has 0 radical (unpaired) electrons. The van der Waals surface area contributed by atoms with Gasteiger partial charge in [0.1, 0.15) is 0 Å². The first-order valence-corrected chi connectivity index (χ1v) is 5.29. The van der Waals surface area contributed by atoms with Gasteiger partial charge in [0, 0.05) is 6.42 Å². The van der Waals surface area contributed by atoms with Crippen LogP contribution in [0, 0.1) is 11.8 Å². The van der Waals surface area contributed by atoms with E-state index in [0.29, 0.717) is 13.0 Å². The molecule has 0 saturated carbocycles. The third-order valence-corrected chi connectivity index (χ3v) is 2.45. The van der Waals surface area contributed by atoms with Gasteiger partial charge in [-0.1, -0.05) is 12.1 Å². The van der Waals surface area contributed by atoms with Gasteiger partial charge in [-0.15, -0.1) is 11.8 Å². The molecule has 1 heterocycles. The number of benzene rings is 1. The average Bonchev–Trinajstić information content (AvgIpc) is 2.70. The van der Waals surface area contributed by atoms with Crippen LogP contribution in [0.3, 0.4) is 0 Å². The zero-order valence-corrected chi connectivity index (χ0v) is 9.22. The Morgan fingerprint density at radius 3 is 3.06 bits per heavy atom. The smallest absolute Gasteiger partial charge is 0.0959 e. The first kappa shape index (κ1) is 10.7. The minimum absolute atomic E-state index is 0.440. The van der Waals surface area contributed by atoms with Crippen LogP contribution in [0.2, 0.25) is 0 Å². The lowest BCUT2D eigenvalue weighted by Crippen LogP contribution is -2.14. The monoisotopic (exact) mass is 214 g/mol. The zero-order valence-electron chi connectivity index (χ0n) is 9.22. The van der Waals surface area contributed by atoms with Gasteiger partial charge in [0.15, 0.2) is 0 Å². The summed E-state index contributed by atoms with van der Waals surface area (Å²) in [5.41, 5.74) is 2.00. The number of aliphatic hydroxyl groups is 1. The minimum atomic E-state index is -0.440. The van der Waals surface area contributed by atoms with E-state index >= 15 is 0 Å². The molecule has 3 heteroatoms. The fraction of sp³-hybridized carbons (Fsp3) is 0.308. The molecule has 2 rings (SSSR count). The molecule has 0 saturated heterocycles. The van der Waals surface area contributed by atoms with Crippen LogP contribution in [0.5, 0.6) is 0 Å². The molecule has 3 nitrogen and oxygen atoms in total. The summed E-state index contributed by atoms with van der Waals surface area (Å²) in [7, 11) is 0. The molecule has 0 fully saturated rings. The van der Waals surface area contributed by atoms with E-state index < -0.39 is 6.10 Å². The van der Waals surface area contributed by atoms with E-state index in [9.17, 15) is 5.11 Å². The van der Waals surface area contributed by atoms with E-state index in [1.54, 1.807) is 13.3 Å². The number of rotatable bonds is 3. The van der Waals surface area contributed by atoms with E-state index in [1.165, 1.54) is 0 Å². The van der Waals surface area contributed by atoms with Crippen LogP contribution in [0.15, 0.2) is 30.6 Å². The fourth-order valence-electron chi connectivity index (χ4n) is 1.67. The Balaban J connectivity index is 2.17. The standard InChI is InChI=1S/C13H14N2O/c1-2-3-6-11(16)9-15-10-14-12-7-4-5-8-13(12)15/h4-5,7-8,10-11,16H,6,9H2,1H3. The molecule has 0 aliphatic carbocycles. The van der Waals surface area contributed by atoms with Crippen LogP contribution in [-0.4, -0.2) is 20.8 Å². The Kier molecular flexibility index (Phi) is 3.23. The predicted octanol–water partition coefficient (Wildman–Crippen LogP) is 1.81. The number of hydrogen-bond acceptors (Lipinski definition) is 2. The van der Waals surface area contributed by atoms with E-state index in [2.05, 4.69) is 16.8 Å². The van der Waals surface area contributed by atoms with E-state index in [4.69, 9.17) is 0 Å². The predicted molar refractivity (Wildman–Crippen MR) is 63.8 cm³/mol. The first-order valence-electron chi connectivity index (χ1n) is 5.29.